The van der Waals surface area contributed by atoms with Gasteiger partial charge in [0, 0.05) is 6.54 Å². The second-order valence-corrected chi connectivity index (χ2v) is 3.95. The summed E-state index contributed by atoms with van der Waals surface area (Å²) in [6.07, 6.45) is 6.97. The minimum atomic E-state index is 0.562. The highest BCUT2D eigenvalue weighted by Gasteiger charge is 2.05. The fourth-order valence-electron chi connectivity index (χ4n) is 1.47. The third kappa shape index (κ3) is 4.59. The van der Waals surface area contributed by atoms with Gasteiger partial charge in [0.1, 0.15) is 0 Å². The molecule has 1 heterocycles. The van der Waals surface area contributed by atoms with Gasteiger partial charge in [-0.25, -0.2) is 0 Å². The van der Waals surface area contributed by atoms with Crippen molar-refractivity contribution >= 4 is 0 Å². The standard InChI is InChI=1S/C11H22N4O/c1-3-5-7-9-15-11(12-13-14-15)16-10-8-6-4-2/h3-10H2,1-2H3. The van der Waals surface area contributed by atoms with Crippen LogP contribution in [0, 0.1) is 0 Å². The minimum absolute atomic E-state index is 0.562. The van der Waals surface area contributed by atoms with E-state index in [-0.39, 0.29) is 0 Å². The van der Waals surface area contributed by atoms with E-state index >= 15 is 0 Å². The van der Waals surface area contributed by atoms with Crippen LogP contribution in [0.5, 0.6) is 6.01 Å². The Kier molecular flexibility index (Phi) is 6.53. The Balaban J connectivity index is 2.26. The van der Waals surface area contributed by atoms with Gasteiger partial charge in [-0.3, -0.25) is 0 Å². The van der Waals surface area contributed by atoms with Crippen LogP contribution < -0.4 is 4.74 Å². The van der Waals surface area contributed by atoms with E-state index in [0.29, 0.717) is 12.6 Å². The molecule has 1 aromatic rings. The topological polar surface area (TPSA) is 52.8 Å². The average Bonchev–Trinajstić information content (AvgIpc) is 2.73. The van der Waals surface area contributed by atoms with Crippen molar-refractivity contribution in [1.82, 2.24) is 20.2 Å². The Morgan fingerprint density at radius 3 is 2.56 bits per heavy atom. The molecule has 5 nitrogen and oxygen atoms in total. The molecule has 0 amide bonds. The lowest BCUT2D eigenvalue weighted by Gasteiger charge is -2.05. The van der Waals surface area contributed by atoms with Crippen molar-refractivity contribution in [2.24, 2.45) is 0 Å². The second-order valence-electron chi connectivity index (χ2n) is 3.95. The predicted octanol–water partition coefficient (Wildman–Crippen LogP) is 2.43. The van der Waals surface area contributed by atoms with E-state index in [1.165, 1.54) is 25.7 Å². The summed E-state index contributed by atoms with van der Waals surface area (Å²) in [6.45, 7) is 5.92. The van der Waals surface area contributed by atoms with Gasteiger partial charge in [0.05, 0.1) is 6.61 Å². The van der Waals surface area contributed by atoms with Crippen molar-refractivity contribution in [3.8, 4) is 6.01 Å². The molecule has 0 aliphatic rings. The SMILES string of the molecule is CCCCCOc1nnnn1CCCCC. The highest BCUT2D eigenvalue weighted by molar-refractivity contribution is 4.86. The fraction of sp³-hybridized carbons (Fsp3) is 0.909. The van der Waals surface area contributed by atoms with Crippen molar-refractivity contribution in [2.45, 2.75) is 58.9 Å². The smallest absolute Gasteiger partial charge is 0.335 e. The summed E-state index contributed by atoms with van der Waals surface area (Å²) in [5, 5.41) is 11.4. The van der Waals surface area contributed by atoms with Crippen LogP contribution in [0.1, 0.15) is 52.4 Å². The van der Waals surface area contributed by atoms with Crippen LogP contribution in [0.25, 0.3) is 0 Å². The number of ether oxygens (including phenoxy) is 1. The summed E-state index contributed by atoms with van der Waals surface area (Å²) in [5.41, 5.74) is 0. The van der Waals surface area contributed by atoms with Gasteiger partial charge < -0.3 is 4.74 Å². The Hall–Kier alpha value is -1.13. The van der Waals surface area contributed by atoms with E-state index < -0.39 is 0 Å². The molecule has 0 unspecified atom stereocenters. The van der Waals surface area contributed by atoms with Crippen molar-refractivity contribution < 1.29 is 4.74 Å². The molecule has 0 aliphatic carbocycles. The monoisotopic (exact) mass is 226 g/mol. The first-order valence-corrected chi connectivity index (χ1v) is 6.27. The van der Waals surface area contributed by atoms with Crippen molar-refractivity contribution in [3.05, 3.63) is 0 Å². The van der Waals surface area contributed by atoms with E-state index in [0.717, 1.165) is 19.4 Å². The van der Waals surface area contributed by atoms with E-state index in [1.807, 2.05) is 0 Å². The lowest BCUT2D eigenvalue weighted by Crippen LogP contribution is -2.07. The molecule has 0 fully saturated rings. The molecule has 0 atom stereocenters. The van der Waals surface area contributed by atoms with Gasteiger partial charge in [-0.05, 0) is 23.3 Å². The average molecular weight is 226 g/mol. The lowest BCUT2D eigenvalue weighted by atomic mass is 10.2. The first-order valence-electron chi connectivity index (χ1n) is 6.27. The Morgan fingerprint density at radius 2 is 1.81 bits per heavy atom. The van der Waals surface area contributed by atoms with E-state index in [4.69, 9.17) is 4.74 Å². The fourth-order valence-corrected chi connectivity index (χ4v) is 1.47. The summed E-state index contributed by atoms with van der Waals surface area (Å²) in [5.74, 6) is 0. The number of unbranched alkanes of at least 4 members (excludes halogenated alkanes) is 4. The summed E-state index contributed by atoms with van der Waals surface area (Å²) in [6, 6.07) is 0.562. The molecule has 0 saturated heterocycles. The quantitative estimate of drug-likeness (QED) is 0.607. The molecule has 0 N–H and O–H groups in total. The first kappa shape index (κ1) is 12.9. The number of hydrogen-bond acceptors (Lipinski definition) is 4. The van der Waals surface area contributed by atoms with Crippen LogP contribution in [0.2, 0.25) is 0 Å². The van der Waals surface area contributed by atoms with Gasteiger partial charge in [-0.1, -0.05) is 44.6 Å². The molecule has 0 bridgehead atoms. The maximum atomic E-state index is 5.54. The number of hydrogen-bond donors (Lipinski definition) is 0. The number of aromatic nitrogens is 4. The highest BCUT2D eigenvalue weighted by atomic mass is 16.5. The van der Waals surface area contributed by atoms with Crippen LogP contribution in [0.15, 0.2) is 0 Å². The summed E-state index contributed by atoms with van der Waals surface area (Å²) in [4.78, 5) is 0. The lowest BCUT2D eigenvalue weighted by molar-refractivity contribution is 0.262. The highest BCUT2D eigenvalue weighted by Crippen LogP contribution is 2.07. The van der Waals surface area contributed by atoms with Crippen LogP contribution in [0.3, 0.4) is 0 Å². The molecule has 92 valence electrons. The van der Waals surface area contributed by atoms with Crippen LogP contribution >= 0.6 is 0 Å². The van der Waals surface area contributed by atoms with Gasteiger partial charge in [0.25, 0.3) is 0 Å². The van der Waals surface area contributed by atoms with E-state index in [9.17, 15) is 0 Å². The molecule has 1 aromatic heterocycles. The second kappa shape index (κ2) is 8.07. The maximum absolute atomic E-state index is 5.54. The summed E-state index contributed by atoms with van der Waals surface area (Å²) in [7, 11) is 0. The minimum Gasteiger partial charge on any atom is -0.463 e. The number of aryl methyl sites for hydroxylation is 1. The Labute approximate surface area is 97.2 Å². The number of tetrazole rings is 1. The zero-order chi connectivity index (χ0) is 11.6. The predicted molar refractivity (Wildman–Crippen MR) is 62.4 cm³/mol. The maximum Gasteiger partial charge on any atom is 0.335 e. The molecule has 16 heavy (non-hydrogen) atoms. The molecule has 5 heteroatoms. The van der Waals surface area contributed by atoms with Gasteiger partial charge >= 0.3 is 6.01 Å². The Morgan fingerprint density at radius 1 is 1.06 bits per heavy atom. The number of nitrogens with zero attached hydrogens (tertiary/aromatic N) is 4. The zero-order valence-electron chi connectivity index (χ0n) is 10.4. The molecule has 1 rings (SSSR count). The third-order valence-electron chi connectivity index (χ3n) is 2.45. The molecular formula is C11H22N4O. The van der Waals surface area contributed by atoms with Gasteiger partial charge in [-0.15, -0.1) is 0 Å². The molecule has 0 saturated carbocycles. The zero-order valence-corrected chi connectivity index (χ0v) is 10.4. The van der Waals surface area contributed by atoms with Gasteiger partial charge in [0.15, 0.2) is 0 Å². The van der Waals surface area contributed by atoms with Crippen molar-refractivity contribution in [2.75, 3.05) is 6.61 Å². The molecular weight excluding hydrogens is 204 g/mol. The van der Waals surface area contributed by atoms with Crippen LogP contribution in [0.4, 0.5) is 0 Å². The van der Waals surface area contributed by atoms with Crippen molar-refractivity contribution in [3.63, 3.8) is 0 Å². The first-order chi connectivity index (χ1) is 7.88. The van der Waals surface area contributed by atoms with Crippen LogP contribution in [-0.2, 0) is 6.54 Å². The van der Waals surface area contributed by atoms with E-state index in [1.54, 1.807) is 4.68 Å². The normalized spacial score (nSPS) is 10.6. The van der Waals surface area contributed by atoms with Gasteiger partial charge in [0.2, 0.25) is 0 Å². The molecule has 0 aromatic carbocycles. The summed E-state index contributed by atoms with van der Waals surface area (Å²) < 4.78 is 7.29. The van der Waals surface area contributed by atoms with Crippen molar-refractivity contribution in [1.29, 1.82) is 0 Å². The number of rotatable bonds is 9. The van der Waals surface area contributed by atoms with E-state index in [2.05, 4.69) is 29.4 Å². The van der Waals surface area contributed by atoms with Gasteiger partial charge in [-0.2, -0.15) is 4.68 Å². The Bertz CT molecular complexity index is 275. The summed E-state index contributed by atoms with van der Waals surface area (Å²) >= 11 is 0. The molecule has 0 radical (unpaired) electrons. The largest absolute Gasteiger partial charge is 0.463 e. The third-order valence-corrected chi connectivity index (χ3v) is 2.45. The van der Waals surface area contributed by atoms with Crippen LogP contribution in [-0.4, -0.2) is 26.8 Å². The molecule has 0 spiro atoms. The molecule has 0 aliphatic heterocycles.